The maximum atomic E-state index is 12.7. The van der Waals surface area contributed by atoms with Crippen LogP contribution in [0.1, 0.15) is 30.6 Å². The van der Waals surface area contributed by atoms with Crippen LogP contribution in [0.3, 0.4) is 0 Å². The molecular formula is C17H23N3O3. The Morgan fingerprint density at radius 1 is 1.43 bits per heavy atom. The standard InChI is InChI=1S/C17H23N3O3/c1-4-11(2)19-17(22)12-10-20(8-9-23-3)14-7-5-6-13(18)15(14)16(12)21/h5-7,10-11H,4,8-9,18H2,1-3H3,(H,19,22). The molecule has 0 aliphatic rings. The lowest BCUT2D eigenvalue weighted by Crippen LogP contribution is -2.35. The first-order valence-corrected chi connectivity index (χ1v) is 7.71. The summed E-state index contributed by atoms with van der Waals surface area (Å²) in [7, 11) is 1.61. The van der Waals surface area contributed by atoms with E-state index in [-0.39, 0.29) is 22.9 Å². The first-order valence-electron chi connectivity index (χ1n) is 7.71. The number of nitrogens with two attached hydrogens (primary N) is 1. The van der Waals surface area contributed by atoms with Gasteiger partial charge in [-0.2, -0.15) is 0 Å². The molecule has 1 heterocycles. The highest BCUT2D eigenvalue weighted by molar-refractivity contribution is 6.00. The number of methoxy groups -OCH3 is 1. The van der Waals surface area contributed by atoms with Gasteiger partial charge in [0.1, 0.15) is 5.56 Å². The van der Waals surface area contributed by atoms with Gasteiger partial charge in [-0.1, -0.05) is 13.0 Å². The third kappa shape index (κ3) is 3.53. The van der Waals surface area contributed by atoms with Crippen LogP contribution in [-0.4, -0.2) is 30.2 Å². The summed E-state index contributed by atoms with van der Waals surface area (Å²) in [6.07, 6.45) is 2.38. The van der Waals surface area contributed by atoms with Crippen LogP contribution in [0.25, 0.3) is 10.9 Å². The molecule has 0 aliphatic heterocycles. The summed E-state index contributed by atoms with van der Waals surface area (Å²) in [4.78, 5) is 25.1. The molecule has 1 amide bonds. The van der Waals surface area contributed by atoms with Crippen molar-refractivity contribution >= 4 is 22.5 Å². The van der Waals surface area contributed by atoms with Crippen molar-refractivity contribution in [3.63, 3.8) is 0 Å². The normalized spacial score (nSPS) is 12.3. The minimum atomic E-state index is -0.374. The molecule has 0 aliphatic carbocycles. The fourth-order valence-corrected chi connectivity index (χ4v) is 2.40. The molecule has 6 nitrogen and oxygen atoms in total. The number of hydrogen-bond acceptors (Lipinski definition) is 4. The summed E-state index contributed by atoms with van der Waals surface area (Å²) in [5.41, 5.74) is 6.81. The zero-order valence-corrected chi connectivity index (χ0v) is 13.8. The fraction of sp³-hybridized carbons (Fsp3) is 0.412. The number of aromatic nitrogens is 1. The average Bonchev–Trinajstić information content (AvgIpc) is 2.53. The molecule has 124 valence electrons. The number of fused-ring (bicyclic) bond motifs is 1. The maximum Gasteiger partial charge on any atom is 0.256 e. The van der Waals surface area contributed by atoms with E-state index >= 15 is 0 Å². The zero-order chi connectivity index (χ0) is 17.0. The Kier molecular flexibility index (Phi) is 5.39. The number of hydrogen-bond donors (Lipinski definition) is 2. The number of amides is 1. The van der Waals surface area contributed by atoms with Gasteiger partial charge in [0.25, 0.3) is 5.91 Å². The molecule has 0 bridgehead atoms. The fourth-order valence-electron chi connectivity index (χ4n) is 2.40. The van der Waals surface area contributed by atoms with E-state index in [1.165, 1.54) is 0 Å². The molecule has 0 radical (unpaired) electrons. The number of anilines is 1. The van der Waals surface area contributed by atoms with E-state index in [4.69, 9.17) is 10.5 Å². The predicted molar refractivity (Wildman–Crippen MR) is 91.7 cm³/mol. The molecule has 1 aromatic heterocycles. The van der Waals surface area contributed by atoms with Crippen LogP contribution in [-0.2, 0) is 11.3 Å². The van der Waals surface area contributed by atoms with E-state index in [1.807, 2.05) is 24.5 Å². The molecule has 0 fully saturated rings. The Bertz CT molecular complexity index is 768. The Morgan fingerprint density at radius 2 is 2.17 bits per heavy atom. The zero-order valence-electron chi connectivity index (χ0n) is 13.8. The van der Waals surface area contributed by atoms with Gasteiger partial charge in [-0.3, -0.25) is 9.59 Å². The molecule has 0 spiro atoms. The highest BCUT2D eigenvalue weighted by atomic mass is 16.5. The number of rotatable bonds is 6. The number of nitrogens with one attached hydrogen (secondary N) is 1. The number of nitrogen functional groups attached to an aromatic ring is 1. The quantitative estimate of drug-likeness (QED) is 0.795. The van der Waals surface area contributed by atoms with Gasteiger partial charge < -0.3 is 20.4 Å². The van der Waals surface area contributed by atoms with E-state index in [1.54, 1.807) is 25.4 Å². The van der Waals surface area contributed by atoms with Crippen LogP contribution in [0.2, 0.25) is 0 Å². The van der Waals surface area contributed by atoms with Crippen LogP contribution in [0.4, 0.5) is 5.69 Å². The molecule has 1 aromatic carbocycles. The molecule has 3 N–H and O–H groups in total. The van der Waals surface area contributed by atoms with Crippen LogP contribution in [0.15, 0.2) is 29.2 Å². The van der Waals surface area contributed by atoms with Gasteiger partial charge in [-0.05, 0) is 25.5 Å². The van der Waals surface area contributed by atoms with Gasteiger partial charge in [0.05, 0.1) is 17.5 Å². The van der Waals surface area contributed by atoms with Gasteiger partial charge in [0, 0.05) is 31.6 Å². The third-order valence-electron chi connectivity index (χ3n) is 3.91. The molecule has 6 heteroatoms. The average molecular weight is 317 g/mol. The Morgan fingerprint density at radius 3 is 2.83 bits per heavy atom. The second kappa shape index (κ2) is 7.28. The summed E-state index contributed by atoms with van der Waals surface area (Å²) in [5.74, 6) is -0.374. The van der Waals surface area contributed by atoms with Gasteiger partial charge in [0.15, 0.2) is 0 Å². The molecule has 23 heavy (non-hydrogen) atoms. The third-order valence-corrected chi connectivity index (χ3v) is 3.91. The van der Waals surface area contributed by atoms with Gasteiger partial charge in [0.2, 0.25) is 5.43 Å². The van der Waals surface area contributed by atoms with Crippen molar-refractivity contribution in [3.05, 3.63) is 40.2 Å². The van der Waals surface area contributed by atoms with Crippen molar-refractivity contribution in [2.24, 2.45) is 0 Å². The Labute approximate surface area is 135 Å². The van der Waals surface area contributed by atoms with Crippen molar-refractivity contribution in [1.29, 1.82) is 0 Å². The predicted octanol–water partition coefficient (Wildman–Crippen LogP) is 1.76. The number of carbonyl (C=O) groups is 1. The first kappa shape index (κ1) is 17.0. The largest absolute Gasteiger partial charge is 0.398 e. The van der Waals surface area contributed by atoms with Gasteiger partial charge >= 0.3 is 0 Å². The van der Waals surface area contributed by atoms with Gasteiger partial charge in [-0.25, -0.2) is 0 Å². The van der Waals surface area contributed by atoms with Crippen molar-refractivity contribution in [1.82, 2.24) is 9.88 Å². The van der Waals surface area contributed by atoms with Crippen molar-refractivity contribution in [2.75, 3.05) is 19.5 Å². The van der Waals surface area contributed by atoms with E-state index in [9.17, 15) is 9.59 Å². The second-order valence-electron chi connectivity index (χ2n) is 5.58. The lowest BCUT2D eigenvalue weighted by molar-refractivity contribution is 0.0937. The van der Waals surface area contributed by atoms with Crippen LogP contribution in [0.5, 0.6) is 0 Å². The Hall–Kier alpha value is -2.34. The highest BCUT2D eigenvalue weighted by Crippen LogP contribution is 2.18. The molecule has 1 atom stereocenters. The van der Waals surface area contributed by atoms with Gasteiger partial charge in [-0.15, -0.1) is 0 Å². The lowest BCUT2D eigenvalue weighted by atomic mass is 10.1. The second-order valence-corrected chi connectivity index (χ2v) is 5.58. The van der Waals surface area contributed by atoms with E-state index < -0.39 is 0 Å². The summed E-state index contributed by atoms with van der Waals surface area (Å²) in [6, 6.07) is 5.28. The number of carbonyl (C=O) groups excluding carboxylic acids is 1. The molecule has 0 saturated heterocycles. The molecular weight excluding hydrogens is 294 g/mol. The smallest absolute Gasteiger partial charge is 0.256 e. The number of benzene rings is 1. The monoisotopic (exact) mass is 317 g/mol. The first-order chi connectivity index (χ1) is 11.0. The minimum Gasteiger partial charge on any atom is -0.398 e. The SMILES string of the molecule is CCC(C)NC(=O)c1cn(CCOC)c2cccc(N)c2c1=O. The summed E-state index contributed by atoms with van der Waals surface area (Å²) >= 11 is 0. The maximum absolute atomic E-state index is 12.7. The number of ether oxygens (including phenoxy) is 1. The molecule has 2 aromatic rings. The minimum absolute atomic E-state index is 0.00172. The molecule has 2 rings (SSSR count). The van der Waals surface area contributed by atoms with Crippen molar-refractivity contribution in [2.45, 2.75) is 32.9 Å². The topological polar surface area (TPSA) is 86.3 Å². The summed E-state index contributed by atoms with van der Waals surface area (Å²) < 4.78 is 6.94. The van der Waals surface area contributed by atoms with Crippen molar-refractivity contribution < 1.29 is 9.53 Å². The van der Waals surface area contributed by atoms with Crippen LogP contribution >= 0.6 is 0 Å². The van der Waals surface area contributed by atoms with Crippen molar-refractivity contribution in [3.8, 4) is 0 Å². The van der Waals surface area contributed by atoms with E-state index in [2.05, 4.69) is 5.32 Å². The molecule has 0 saturated carbocycles. The highest BCUT2D eigenvalue weighted by Gasteiger charge is 2.18. The Balaban J connectivity index is 2.61. The van der Waals surface area contributed by atoms with Crippen LogP contribution in [0, 0.1) is 0 Å². The summed E-state index contributed by atoms with van der Waals surface area (Å²) in [5, 5.41) is 3.21. The lowest BCUT2D eigenvalue weighted by Gasteiger charge is -2.16. The van der Waals surface area contributed by atoms with Crippen LogP contribution < -0.4 is 16.5 Å². The van der Waals surface area contributed by atoms with E-state index in [0.29, 0.717) is 29.7 Å². The summed E-state index contributed by atoms with van der Waals surface area (Å²) in [6.45, 7) is 4.87. The number of pyridine rings is 1. The molecule has 1 unspecified atom stereocenters. The van der Waals surface area contributed by atoms with E-state index in [0.717, 1.165) is 6.42 Å². The number of nitrogens with zero attached hydrogens (tertiary/aromatic N) is 1.